The Morgan fingerprint density at radius 2 is 1.89 bits per heavy atom. The molecule has 2 aliphatic heterocycles. The molecular weight excluding hydrogens is 460 g/mol. The molecule has 188 valence electrons. The summed E-state index contributed by atoms with van der Waals surface area (Å²) in [6.07, 6.45) is 6.30. The van der Waals surface area contributed by atoms with Crippen LogP contribution in [0.3, 0.4) is 0 Å². The minimum Gasteiger partial charge on any atom is -0.494 e. The summed E-state index contributed by atoms with van der Waals surface area (Å²) in [6, 6.07) is -0.969. The van der Waals surface area contributed by atoms with E-state index in [-0.39, 0.29) is 41.9 Å². The van der Waals surface area contributed by atoms with E-state index in [1.165, 1.54) is 22.9 Å². The zero-order chi connectivity index (χ0) is 25.1. The summed E-state index contributed by atoms with van der Waals surface area (Å²) in [4.78, 5) is 40.3. The number of halogens is 2. The zero-order valence-corrected chi connectivity index (χ0v) is 19.7. The van der Waals surface area contributed by atoms with Gasteiger partial charge in [0, 0.05) is 49.2 Å². The van der Waals surface area contributed by atoms with Gasteiger partial charge in [-0.25, -0.2) is 8.78 Å². The molecule has 9 nitrogen and oxygen atoms in total. The Labute approximate surface area is 200 Å². The molecule has 35 heavy (non-hydrogen) atoms. The molecule has 2 aromatic heterocycles. The van der Waals surface area contributed by atoms with E-state index in [2.05, 4.69) is 10.4 Å². The Balaban J connectivity index is 1.50. The molecule has 2 atom stereocenters. The van der Waals surface area contributed by atoms with Crippen molar-refractivity contribution < 1.29 is 23.5 Å². The highest BCUT2D eigenvalue weighted by molar-refractivity contribution is 5.97. The van der Waals surface area contributed by atoms with Crippen molar-refractivity contribution in [3.8, 4) is 5.88 Å². The van der Waals surface area contributed by atoms with Gasteiger partial charge in [-0.3, -0.25) is 19.0 Å². The lowest BCUT2D eigenvalue weighted by Gasteiger charge is -2.38. The van der Waals surface area contributed by atoms with Crippen molar-refractivity contribution in [1.82, 2.24) is 24.4 Å². The third kappa shape index (κ3) is 4.32. The standard InChI is InChI=1S/C24H29F2N5O4/c1-13(2)12-29-21-14(3-8-18(32)30-16-6-7-17(30)10-24(25,26)9-16)11-27-31(21)23(35)19(22(29)34)20(33)28-15-4-5-15/h3,8,11,13,15-17,34H,4-7,9-10,12H2,1-2H3,(H,28,33). The molecule has 2 amide bonds. The van der Waals surface area contributed by atoms with Gasteiger partial charge in [0.15, 0.2) is 5.56 Å². The largest absolute Gasteiger partial charge is 0.494 e. The molecule has 2 N–H and O–H groups in total. The van der Waals surface area contributed by atoms with Gasteiger partial charge in [-0.15, -0.1) is 0 Å². The molecule has 0 radical (unpaired) electrons. The minimum absolute atomic E-state index is 0.00250. The normalized spacial score (nSPS) is 23.5. The highest BCUT2D eigenvalue weighted by Crippen LogP contribution is 2.43. The summed E-state index contributed by atoms with van der Waals surface area (Å²) in [5.74, 6) is -4.15. The third-order valence-electron chi connectivity index (χ3n) is 6.95. The van der Waals surface area contributed by atoms with E-state index in [9.17, 15) is 28.3 Å². The van der Waals surface area contributed by atoms with Gasteiger partial charge in [0.25, 0.3) is 17.4 Å². The number of rotatable bonds is 6. The van der Waals surface area contributed by atoms with Gasteiger partial charge >= 0.3 is 0 Å². The summed E-state index contributed by atoms with van der Waals surface area (Å²) in [5.41, 5.74) is -0.472. The molecule has 0 aromatic carbocycles. The minimum atomic E-state index is -2.75. The van der Waals surface area contributed by atoms with Crippen LogP contribution >= 0.6 is 0 Å². The van der Waals surface area contributed by atoms with Crippen LogP contribution in [-0.4, -0.2) is 60.1 Å². The molecule has 1 aliphatic carbocycles. The second-order valence-electron chi connectivity index (χ2n) is 10.3. The molecule has 2 bridgehead atoms. The molecule has 4 heterocycles. The molecule has 11 heteroatoms. The van der Waals surface area contributed by atoms with Crippen molar-refractivity contribution in [2.24, 2.45) is 5.92 Å². The van der Waals surface area contributed by atoms with Gasteiger partial charge in [-0.05, 0) is 37.7 Å². The lowest BCUT2D eigenvalue weighted by atomic mass is 9.98. The lowest BCUT2D eigenvalue weighted by molar-refractivity contribution is -0.139. The molecule has 3 aliphatic rings. The molecule has 1 saturated carbocycles. The van der Waals surface area contributed by atoms with Crippen LogP contribution in [0, 0.1) is 5.92 Å². The first-order valence-electron chi connectivity index (χ1n) is 12.1. The maximum atomic E-state index is 13.9. The van der Waals surface area contributed by atoms with Gasteiger partial charge < -0.3 is 15.3 Å². The topological polar surface area (TPSA) is 109 Å². The fourth-order valence-corrected chi connectivity index (χ4v) is 5.29. The van der Waals surface area contributed by atoms with Crippen LogP contribution < -0.4 is 10.9 Å². The fourth-order valence-electron chi connectivity index (χ4n) is 5.29. The maximum absolute atomic E-state index is 13.9. The van der Waals surface area contributed by atoms with Crippen molar-refractivity contribution in [3.63, 3.8) is 0 Å². The van der Waals surface area contributed by atoms with Crippen molar-refractivity contribution in [2.45, 2.75) is 83.0 Å². The predicted octanol–water partition coefficient (Wildman–Crippen LogP) is 2.55. The Hall–Kier alpha value is -3.24. The number of aromatic nitrogens is 3. The Bertz CT molecular complexity index is 1260. The molecule has 2 unspecified atom stereocenters. The third-order valence-corrected chi connectivity index (χ3v) is 6.95. The second-order valence-corrected chi connectivity index (χ2v) is 10.3. The summed E-state index contributed by atoms with van der Waals surface area (Å²) in [7, 11) is 0. The van der Waals surface area contributed by atoms with E-state index >= 15 is 0 Å². The van der Waals surface area contributed by atoms with Crippen molar-refractivity contribution in [2.75, 3.05) is 0 Å². The molecule has 3 fully saturated rings. The number of nitrogens with zero attached hydrogens (tertiary/aromatic N) is 4. The highest BCUT2D eigenvalue weighted by atomic mass is 19.3. The molecule has 5 rings (SSSR count). The van der Waals surface area contributed by atoms with Crippen molar-refractivity contribution in [1.29, 1.82) is 0 Å². The number of hydrogen-bond donors (Lipinski definition) is 2. The van der Waals surface area contributed by atoms with Crippen molar-refractivity contribution >= 4 is 23.5 Å². The summed E-state index contributed by atoms with van der Waals surface area (Å²) < 4.78 is 30.3. The fraction of sp³-hybridized carbons (Fsp3) is 0.583. The second kappa shape index (κ2) is 8.46. The van der Waals surface area contributed by atoms with E-state index in [0.717, 1.165) is 17.4 Å². The summed E-state index contributed by atoms with van der Waals surface area (Å²) in [6.45, 7) is 4.15. The summed E-state index contributed by atoms with van der Waals surface area (Å²) >= 11 is 0. The molecule has 0 spiro atoms. The van der Waals surface area contributed by atoms with Crippen LogP contribution in [0.15, 0.2) is 17.1 Å². The average molecular weight is 490 g/mol. The number of fused-ring (bicyclic) bond motifs is 3. The maximum Gasteiger partial charge on any atom is 0.291 e. The van der Waals surface area contributed by atoms with E-state index < -0.39 is 35.4 Å². The van der Waals surface area contributed by atoms with Crippen molar-refractivity contribution in [3.05, 3.63) is 33.8 Å². The Morgan fingerprint density at radius 3 is 2.49 bits per heavy atom. The van der Waals surface area contributed by atoms with Gasteiger partial charge in [0.05, 0.1) is 6.20 Å². The van der Waals surface area contributed by atoms with E-state index in [4.69, 9.17) is 0 Å². The lowest BCUT2D eigenvalue weighted by Crippen LogP contribution is -2.49. The monoisotopic (exact) mass is 489 g/mol. The first-order chi connectivity index (χ1) is 16.6. The number of amides is 2. The Morgan fingerprint density at radius 1 is 1.23 bits per heavy atom. The van der Waals surface area contributed by atoms with Gasteiger partial charge in [0.1, 0.15) is 5.65 Å². The number of nitrogens with one attached hydrogen (secondary N) is 1. The summed E-state index contributed by atoms with van der Waals surface area (Å²) in [5, 5.41) is 17.8. The van der Waals surface area contributed by atoms with Crippen LogP contribution in [0.5, 0.6) is 5.88 Å². The van der Waals surface area contributed by atoms with Crippen LogP contribution in [0.25, 0.3) is 11.7 Å². The highest BCUT2D eigenvalue weighted by Gasteiger charge is 2.50. The average Bonchev–Trinajstić information content (AvgIpc) is 3.39. The van der Waals surface area contributed by atoms with E-state index in [1.807, 2.05) is 13.8 Å². The van der Waals surface area contributed by atoms with Gasteiger partial charge in [-0.1, -0.05) is 13.8 Å². The first kappa shape index (κ1) is 23.5. The predicted molar refractivity (Wildman–Crippen MR) is 123 cm³/mol. The SMILES string of the molecule is CC(C)Cn1c(O)c(C(=O)NC2CC2)c(=O)n2ncc(C=CC(=O)N3C4CCC3CC(F)(F)C4)c12. The number of hydrogen-bond acceptors (Lipinski definition) is 5. The van der Waals surface area contributed by atoms with Gasteiger partial charge in [0.2, 0.25) is 11.8 Å². The number of alkyl halides is 2. The number of aromatic hydroxyl groups is 1. The molecule has 2 saturated heterocycles. The van der Waals surface area contributed by atoms with E-state index in [0.29, 0.717) is 24.9 Å². The zero-order valence-electron chi connectivity index (χ0n) is 19.7. The number of carbonyl (C=O) groups is 2. The molecule has 2 aromatic rings. The van der Waals surface area contributed by atoms with Crippen LogP contribution in [-0.2, 0) is 11.3 Å². The Kier molecular flexibility index (Phi) is 5.68. The van der Waals surface area contributed by atoms with Crippen LogP contribution in [0.1, 0.15) is 68.3 Å². The number of piperidine rings is 1. The first-order valence-corrected chi connectivity index (χ1v) is 12.1. The van der Waals surface area contributed by atoms with Crippen LogP contribution in [0.4, 0.5) is 8.78 Å². The number of carbonyl (C=O) groups excluding carboxylic acids is 2. The smallest absolute Gasteiger partial charge is 0.291 e. The van der Waals surface area contributed by atoms with E-state index in [1.54, 1.807) is 4.90 Å². The van der Waals surface area contributed by atoms with Gasteiger partial charge in [-0.2, -0.15) is 9.61 Å². The van der Waals surface area contributed by atoms with Crippen LogP contribution in [0.2, 0.25) is 0 Å². The molecular formula is C24H29F2N5O4. The quantitative estimate of drug-likeness (QED) is 0.607.